The Morgan fingerprint density at radius 1 is 1.47 bits per heavy atom. The number of ether oxygens (including phenoxy) is 1. The Kier molecular flexibility index (Phi) is 5.92. The maximum atomic E-state index is 11.4. The molecule has 1 fully saturated rings. The summed E-state index contributed by atoms with van der Waals surface area (Å²) in [5.74, 6) is 0.332. The summed E-state index contributed by atoms with van der Waals surface area (Å²) < 4.78 is 4.77. The molecular formula is C13H26N2O2. The molecule has 1 aliphatic rings. The van der Waals surface area contributed by atoms with E-state index in [0.29, 0.717) is 24.4 Å². The molecule has 17 heavy (non-hydrogen) atoms. The second-order valence-electron chi connectivity index (χ2n) is 5.18. The van der Waals surface area contributed by atoms with Crippen molar-refractivity contribution in [2.45, 2.75) is 45.7 Å². The van der Waals surface area contributed by atoms with Gasteiger partial charge in [-0.05, 0) is 32.7 Å². The summed E-state index contributed by atoms with van der Waals surface area (Å²) in [7, 11) is 1.47. The van der Waals surface area contributed by atoms with Gasteiger partial charge >= 0.3 is 5.97 Å². The SMILES string of the molecule is CCNC1CC(CC(=O)OC)CN(C(C)C)C1. The van der Waals surface area contributed by atoms with E-state index in [0.717, 1.165) is 26.1 Å². The predicted octanol–water partition coefficient (Wildman–Crippen LogP) is 1.26. The van der Waals surface area contributed by atoms with Gasteiger partial charge in [0, 0.05) is 31.6 Å². The van der Waals surface area contributed by atoms with Crippen LogP contribution in [0.25, 0.3) is 0 Å². The van der Waals surface area contributed by atoms with Crippen LogP contribution in [-0.4, -0.2) is 49.7 Å². The summed E-state index contributed by atoms with van der Waals surface area (Å²) >= 11 is 0. The third-order valence-corrected chi connectivity index (χ3v) is 3.47. The summed E-state index contributed by atoms with van der Waals surface area (Å²) in [5, 5.41) is 3.50. The average molecular weight is 242 g/mol. The van der Waals surface area contributed by atoms with Gasteiger partial charge in [-0.15, -0.1) is 0 Å². The van der Waals surface area contributed by atoms with Crippen LogP contribution in [0, 0.1) is 5.92 Å². The zero-order valence-electron chi connectivity index (χ0n) is 11.5. The highest BCUT2D eigenvalue weighted by atomic mass is 16.5. The van der Waals surface area contributed by atoms with E-state index in [2.05, 4.69) is 31.0 Å². The normalized spacial score (nSPS) is 26.2. The number of hydrogen-bond donors (Lipinski definition) is 1. The maximum absolute atomic E-state index is 11.4. The van der Waals surface area contributed by atoms with Crippen molar-refractivity contribution in [3.63, 3.8) is 0 Å². The molecule has 1 heterocycles. The smallest absolute Gasteiger partial charge is 0.305 e. The van der Waals surface area contributed by atoms with Crippen LogP contribution in [0.1, 0.15) is 33.6 Å². The fourth-order valence-electron chi connectivity index (χ4n) is 2.57. The van der Waals surface area contributed by atoms with E-state index in [-0.39, 0.29) is 5.97 Å². The number of rotatable bonds is 5. The average Bonchev–Trinajstić information content (AvgIpc) is 2.29. The van der Waals surface area contributed by atoms with Gasteiger partial charge in [-0.3, -0.25) is 9.69 Å². The first-order valence-electron chi connectivity index (χ1n) is 6.61. The van der Waals surface area contributed by atoms with Crippen LogP contribution in [0.3, 0.4) is 0 Å². The van der Waals surface area contributed by atoms with Gasteiger partial charge in [0.1, 0.15) is 0 Å². The summed E-state index contributed by atoms with van der Waals surface area (Å²) in [5.41, 5.74) is 0. The number of likely N-dealkylation sites (tertiary alicyclic amines) is 1. The lowest BCUT2D eigenvalue weighted by Crippen LogP contribution is -2.51. The van der Waals surface area contributed by atoms with Gasteiger partial charge in [0.2, 0.25) is 0 Å². The fourth-order valence-corrected chi connectivity index (χ4v) is 2.57. The zero-order chi connectivity index (χ0) is 12.8. The van der Waals surface area contributed by atoms with Crippen LogP contribution in [0.5, 0.6) is 0 Å². The number of esters is 1. The summed E-state index contributed by atoms with van der Waals surface area (Å²) in [4.78, 5) is 13.8. The lowest BCUT2D eigenvalue weighted by atomic mass is 9.90. The minimum atomic E-state index is -0.0872. The molecule has 4 nitrogen and oxygen atoms in total. The van der Waals surface area contributed by atoms with Gasteiger partial charge in [0.15, 0.2) is 0 Å². The maximum Gasteiger partial charge on any atom is 0.305 e. The minimum absolute atomic E-state index is 0.0872. The molecule has 100 valence electrons. The van der Waals surface area contributed by atoms with Crippen LogP contribution in [-0.2, 0) is 9.53 Å². The second kappa shape index (κ2) is 6.97. The Morgan fingerprint density at radius 3 is 2.71 bits per heavy atom. The van der Waals surface area contributed by atoms with E-state index in [4.69, 9.17) is 4.74 Å². The molecule has 2 atom stereocenters. The molecule has 0 aromatic heterocycles. The molecular weight excluding hydrogens is 216 g/mol. The first kappa shape index (κ1) is 14.5. The molecule has 1 N–H and O–H groups in total. The number of methoxy groups -OCH3 is 1. The van der Waals surface area contributed by atoms with Crippen LogP contribution >= 0.6 is 0 Å². The van der Waals surface area contributed by atoms with Crippen LogP contribution in [0.4, 0.5) is 0 Å². The van der Waals surface area contributed by atoms with Crippen LogP contribution < -0.4 is 5.32 Å². The highest BCUT2D eigenvalue weighted by molar-refractivity contribution is 5.69. The van der Waals surface area contributed by atoms with E-state index in [1.807, 2.05) is 0 Å². The molecule has 0 radical (unpaired) electrons. The molecule has 0 saturated carbocycles. The summed E-state index contributed by atoms with van der Waals surface area (Å²) in [6, 6.07) is 1.04. The van der Waals surface area contributed by atoms with E-state index < -0.39 is 0 Å². The van der Waals surface area contributed by atoms with Gasteiger partial charge < -0.3 is 10.1 Å². The first-order chi connectivity index (χ1) is 8.06. The van der Waals surface area contributed by atoms with Gasteiger partial charge in [-0.2, -0.15) is 0 Å². The number of piperidine rings is 1. The fraction of sp³-hybridized carbons (Fsp3) is 0.923. The molecule has 1 rings (SSSR count). The van der Waals surface area contributed by atoms with Crippen molar-refractivity contribution in [3.8, 4) is 0 Å². The largest absolute Gasteiger partial charge is 0.469 e. The Labute approximate surface area is 105 Å². The van der Waals surface area contributed by atoms with Gasteiger partial charge in [-0.25, -0.2) is 0 Å². The summed E-state index contributed by atoms with van der Waals surface area (Å²) in [6.45, 7) is 9.63. The highest BCUT2D eigenvalue weighted by Crippen LogP contribution is 2.22. The van der Waals surface area contributed by atoms with Crippen molar-refractivity contribution >= 4 is 5.97 Å². The predicted molar refractivity (Wildman–Crippen MR) is 68.9 cm³/mol. The third-order valence-electron chi connectivity index (χ3n) is 3.47. The van der Waals surface area contributed by atoms with Crippen molar-refractivity contribution in [3.05, 3.63) is 0 Å². The van der Waals surface area contributed by atoms with Crippen LogP contribution in [0.2, 0.25) is 0 Å². The molecule has 0 aromatic carbocycles. The third kappa shape index (κ3) is 4.64. The topological polar surface area (TPSA) is 41.6 Å². The lowest BCUT2D eigenvalue weighted by molar-refractivity contribution is -0.142. The molecule has 0 spiro atoms. The van der Waals surface area contributed by atoms with Gasteiger partial charge in [0.05, 0.1) is 7.11 Å². The number of hydrogen-bond acceptors (Lipinski definition) is 4. The Bertz CT molecular complexity index is 244. The van der Waals surface area contributed by atoms with Gasteiger partial charge in [0.25, 0.3) is 0 Å². The zero-order valence-corrected chi connectivity index (χ0v) is 11.5. The van der Waals surface area contributed by atoms with E-state index in [9.17, 15) is 4.79 Å². The number of carbonyl (C=O) groups excluding carboxylic acids is 1. The van der Waals surface area contributed by atoms with Crippen molar-refractivity contribution < 1.29 is 9.53 Å². The summed E-state index contributed by atoms with van der Waals surface area (Å²) in [6.07, 6.45) is 1.62. The number of likely N-dealkylation sites (N-methyl/N-ethyl adjacent to an activating group) is 1. The Hall–Kier alpha value is -0.610. The Balaban J connectivity index is 2.55. The minimum Gasteiger partial charge on any atom is -0.469 e. The van der Waals surface area contributed by atoms with Crippen molar-refractivity contribution in [2.24, 2.45) is 5.92 Å². The standard InChI is InChI=1S/C13H26N2O2/c1-5-14-12-6-11(7-13(16)17-4)8-15(9-12)10(2)3/h10-12,14H,5-9H2,1-4H3. The number of carbonyl (C=O) groups is 1. The van der Waals surface area contributed by atoms with Crippen molar-refractivity contribution in [1.29, 1.82) is 0 Å². The molecule has 2 unspecified atom stereocenters. The lowest BCUT2D eigenvalue weighted by Gasteiger charge is -2.40. The Morgan fingerprint density at radius 2 is 2.18 bits per heavy atom. The van der Waals surface area contributed by atoms with E-state index >= 15 is 0 Å². The molecule has 4 heteroatoms. The monoisotopic (exact) mass is 242 g/mol. The quantitative estimate of drug-likeness (QED) is 0.737. The molecule has 0 amide bonds. The van der Waals surface area contributed by atoms with Crippen LogP contribution in [0.15, 0.2) is 0 Å². The number of nitrogens with zero attached hydrogens (tertiary/aromatic N) is 1. The highest BCUT2D eigenvalue weighted by Gasteiger charge is 2.29. The van der Waals surface area contributed by atoms with Gasteiger partial charge in [-0.1, -0.05) is 6.92 Å². The van der Waals surface area contributed by atoms with Crippen molar-refractivity contribution in [2.75, 3.05) is 26.7 Å². The molecule has 0 bridgehead atoms. The molecule has 0 aromatic rings. The number of nitrogens with one attached hydrogen (secondary N) is 1. The molecule has 0 aliphatic carbocycles. The first-order valence-corrected chi connectivity index (χ1v) is 6.61. The molecule has 1 aliphatic heterocycles. The van der Waals surface area contributed by atoms with E-state index in [1.165, 1.54) is 7.11 Å². The van der Waals surface area contributed by atoms with E-state index in [1.54, 1.807) is 0 Å². The molecule has 1 saturated heterocycles. The second-order valence-corrected chi connectivity index (χ2v) is 5.18. The van der Waals surface area contributed by atoms with Crippen molar-refractivity contribution in [1.82, 2.24) is 10.2 Å².